The van der Waals surface area contributed by atoms with Crippen LogP contribution in [-0.4, -0.2) is 11.7 Å². The van der Waals surface area contributed by atoms with Gasteiger partial charge >= 0.3 is 0 Å². The van der Waals surface area contributed by atoms with E-state index < -0.39 is 5.82 Å². The molecule has 0 aliphatic rings. The maximum Gasteiger partial charge on any atom is 0.234 e. The molecule has 0 spiro atoms. The standard InChI is InChI=1S/C18H14FNOS/c19-16-7-3-4-8-17(16)20-18(21)12-22-15-10-9-13-5-1-2-6-14(13)11-15/h1-11H,12H2,(H,20,21). The lowest BCUT2D eigenvalue weighted by Crippen LogP contribution is -2.14. The summed E-state index contributed by atoms with van der Waals surface area (Å²) in [7, 11) is 0. The molecule has 0 saturated heterocycles. The molecule has 1 amide bonds. The van der Waals surface area contributed by atoms with Crippen LogP contribution in [0.3, 0.4) is 0 Å². The van der Waals surface area contributed by atoms with Crippen LogP contribution < -0.4 is 5.32 Å². The van der Waals surface area contributed by atoms with Crippen molar-refractivity contribution in [2.24, 2.45) is 0 Å². The fraction of sp³-hybridized carbons (Fsp3) is 0.0556. The second-order valence-electron chi connectivity index (χ2n) is 4.83. The highest BCUT2D eigenvalue weighted by atomic mass is 32.2. The Bertz CT molecular complexity index is 819. The van der Waals surface area contributed by atoms with Gasteiger partial charge in [-0.2, -0.15) is 0 Å². The van der Waals surface area contributed by atoms with E-state index in [2.05, 4.69) is 17.4 Å². The molecule has 0 atom stereocenters. The number of carbonyl (C=O) groups is 1. The van der Waals surface area contributed by atoms with E-state index in [1.165, 1.54) is 23.2 Å². The average Bonchev–Trinajstić information content (AvgIpc) is 2.55. The van der Waals surface area contributed by atoms with Crippen molar-refractivity contribution in [2.45, 2.75) is 4.90 Å². The molecular formula is C18H14FNOS. The number of amides is 1. The van der Waals surface area contributed by atoms with E-state index in [-0.39, 0.29) is 17.3 Å². The molecule has 2 nitrogen and oxygen atoms in total. The van der Waals surface area contributed by atoms with Crippen LogP contribution in [0.2, 0.25) is 0 Å². The Labute approximate surface area is 132 Å². The number of carbonyl (C=O) groups excluding carboxylic acids is 1. The summed E-state index contributed by atoms with van der Waals surface area (Å²) in [5.74, 6) is -0.401. The second kappa shape index (κ2) is 6.62. The van der Waals surface area contributed by atoms with Gasteiger partial charge in [-0.3, -0.25) is 4.79 Å². The van der Waals surface area contributed by atoms with Gasteiger partial charge in [0.2, 0.25) is 5.91 Å². The lowest BCUT2D eigenvalue weighted by Gasteiger charge is -2.06. The van der Waals surface area contributed by atoms with Gasteiger partial charge in [-0.1, -0.05) is 42.5 Å². The number of hydrogen-bond donors (Lipinski definition) is 1. The van der Waals surface area contributed by atoms with E-state index in [1.54, 1.807) is 18.2 Å². The predicted octanol–water partition coefficient (Wildman–Crippen LogP) is 4.71. The summed E-state index contributed by atoms with van der Waals surface area (Å²) in [5.41, 5.74) is 0.214. The maximum absolute atomic E-state index is 13.5. The third-order valence-corrected chi connectivity index (χ3v) is 4.23. The van der Waals surface area contributed by atoms with Gasteiger partial charge < -0.3 is 5.32 Å². The number of benzene rings is 3. The number of para-hydroxylation sites is 1. The lowest BCUT2D eigenvalue weighted by molar-refractivity contribution is -0.113. The van der Waals surface area contributed by atoms with Gasteiger partial charge in [-0.25, -0.2) is 4.39 Å². The molecule has 0 aliphatic heterocycles. The average molecular weight is 311 g/mol. The molecule has 0 unspecified atom stereocenters. The second-order valence-corrected chi connectivity index (χ2v) is 5.87. The Hall–Kier alpha value is -2.33. The number of halogens is 1. The Kier molecular flexibility index (Phi) is 4.39. The summed E-state index contributed by atoms with van der Waals surface area (Å²) in [6.07, 6.45) is 0. The molecule has 0 fully saturated rings. The topological polar surface area (TPSA) is 29.1 Å². The largest absolute Gasteiger partial charge is 0.323 e. The van der Waals surface area contributed by atoms with Gasteiger partial charge in [-0.05, 0) is 35.0 Å². The Morgan fingerprint density at radius 3 is 2.50 bits per heavy atom. The monoisotopic (exact) mass is 311 g/mol. The highest BCUT2D eigenvalue weighted by Gasteiger charge is 2.07. The van der Waals surface area contributed by atoms with E-state index in [4.69, 9.17) is 0 Å². The van der Waals surface area contributed by atoms with Crippen molar-refractivity contribution in [2.75, 3.05) is 11.1 Å². The number of thioether (sulfide) groups is 1. The smallest absolute Gasteiger partial charge is 0.234 e. The fourth-order valence-corrected chi connectivity index (χ4v) is 2.90. The predicted molar refractivity (Wildman–Crippen MR) is 89.7 cm³/mol. The number of rotatable bonds is 4. The van der Waals surface area contributed by atoms with Crippen molar-refractivity contribution < 1.29 is 9.18 Å². The van der Waals surface area contributed by atoms with Crippen molar-refractivity contribution in [3.8, 4) is 0 Å². The molecule has 4 heteroatoms. The third kappa shape index (κ3) is 3.46. The SMILES string of the molecule is O=C(CSc1ccc2ccccc2c1)Nc1ccccc1F. The zero-order chi connectivity index (χ0) is 15.4. The van der Waals surface area contributed by atoms with E-state index in [0.29, 0.717) is 0 Å². The molecule has 3 aromatic carbocycles. The van der Waals surface area contributed by atoms with Crippen LogP contribution in [0.15, 0.2) is 71.6 Å². The first kappa shape index (κ1) is 14.6. The number of anilines is 1. The quantitative estimate of drug-likeness (QED) is 0.707. The molecule has 0 radical (unpaired) electrons. The zero-order valence-electron chi connectivity index (χ0n) is 11.8. The van der Waals surface area contributed by atoms with Crippen LogP contribution in [0.5, 0.6) is 0 Å². The van der Waals surface area contributed by atoms with Gasteiger partial charge in [0.1, 0.15) is 5.82 Å². The fourth-order valence-electron chi connectivity index (χ4n) is 2.15. The molecular weight excluding hydrogens is 297 g/mol. The maximum atomic E-state index is 13.5. The van der Waals surface area contributed by atoms with Crippen molar-refractivity contribution in [3.05, 3.63) is 72.5 Å². The highest BCUT2D eigenvalue weighted by Crippen LogP contribution is 2.24. The first-order valence-corrected chi connectivity index (χ1v) is 7.87. The van der Waals surface area contributed by atoms with Gasteiger partial charge in [0, 0.05) is 4.90 Å². The molecule has 22 heavy (non-hydrogen) atoms. The Balaban J connectivity index is 1.63. The molecule has 1 N–H and O–H groups in total. The minimum Gasteiger partial charge on any atom is -0.323 e. The first-order chi connectivity index (χ1) is 10.7. The number of nitrogens with one attached hydrogen (secondary N) is 1. The van der Waals surface area contributed by atoms with Crippen molar-refractivity contribution >= 4 is 34.1 Å². The summed E-state index contributed by atoms with van der Waals surface area (Å²) >= 11 is 1.43. The minimum atomic E-state index is -0.424. The minimum absolute atomic E-state index is 0.214. The van der Waals surface area contributed by atoms with Crippen LogP contribution >= 0.6 is 11.8 Å². The summed E-state index contributed by atoms with van der Waals surface area (Å²) in [5, 5.41) is 4.89. The summed E-state index contributed by atoms with van der Waals surface area (Å²) < 4.78 is 13.5. The van der Waals surface area contributed by atoms with Crippen LogP contribution in [0, 0.1) is 5.82 Å². The Morgan fingerprint density at radius 2 is 1.68 bits per heavy atom. The van der Waals surface area contributed by atoms with Crippen LogP contribution in [-0.2, 0) is 4.79 Å². The molecule has 0 aliphatic carbocycles. The molecule has 3 rings (SSSR count). The molecule has 0 bridgehead atoms. The van der Waals surface area contributed by atoms with E-state index >= 15 is 0 Å². The van der Waals surface area contributed by atoms with Gasteiger partial charge in [0.25, 0.3) is 0 Å². The molecule has 0 heterocycles. The van der Waals surface area contributed by atoms with E-state index in [0.717, 1.165) is 10.3 Å². The van der Waals surface area contributed by atoms with Gasteiger partial charge in [0.05, 0.1) is 11.4 Å². The first-order valence-electron chi connectivity index (χ1n) is 6.88. The van der Waals surface area contributed by atoms with Gasteiger partial charge in [0.15, 0.2) is 0 Å². The number of hydrogen-bond acceptors (Lipinski definition) is 2. The van der Waals surface area contributed by atoms with Gasteiger partial charge in [-0.15, -0.1) is 11.8 Å². The summed E-state index contributed by atoms with van der Waals surface area (Å²) in [4.78, 5) is 12.9. The van der Waals surface area contributed by atoms with Crippen LogP contribution in [0.25, 0.3) is 10.8 Å². The molecule has 3 aromatic rings. The summed E-state index contributed by atoms with van der Waals surface area (Å²) in [6.45, 7) is 0. The molecule has 0 aromatic heterocycles. The van der Waals surface area contributed by atoms with E-state index in [1.807, 2.05) is 30.3 Å². The number of fused-ring (bicyclic) bond motifs is 1. The summed E-state index contributed by atoms with van der Waals surface area (Å²) in [6, 6.07) is 20.3. The van der Waals surface area contributed by atoms with Crippen LogP contribution in [0.1, 0.15) is 0 Å². The zero-order valence-corrected chi connectivity index (χ0v) is 12.6. The molecule has 110 valence electrons. The normalized spacial score (nSPS) is 10.6. The van der Waals surface area contributed by atoms with Crippen molar-refractivity contribution in [1.82, 2.24) is 0 Å². The Morgan fingerprint density at radius 1 is 0.955 bits per heavy atom. The third-order valence-electron chi connectivity index (χ3n) is 3.24. The lowest BCUT2D eigenvalue weighted by atomic mass is 10.1. The highest BCUT2D eigenvalue weighted by molar-refractivity contribution is 8.00. The van der Waals surface area contributed by atoms with Crippen molar-refractivity contribution in [1.29, 1.82) is 0 Å². The van der Waals surface area contributed by atoms with E-state index in [9.17, 15) is 9.18 Å². The molecule has 0 saturated carbocycles. The van der Waals surface area contributed by atoms with Crippen LogP contribution in [0.4, 0.5) is 10.1 Å². The van der Waals surface area contributed by atoms with Crippen molar-refractivity contribution in [3.63, 3.8) is 0 Å².